The van der Waals surface area contributed by atoms with Crippen molar-refractivity contribution in [3.63, 3.8) is 0 Å². The summed E-state index contributed by atoms with van der Waals surface area (Å²) in [4.78, 5) is 0. The fraction of sp³-hybridized carbons (Fsp3) is 0.294. The Bertz CT molecular complexity index is 579. The van der Waals surface area contributed by atoms with Crippen molar-refractivity contribution in [1.29, 1.82) is 0 Å². The van der Waals surface area contributed by atoms with Crippen molar-refractivity contribution in [2.75, 3.05) is 0 Å². The normalized spacial score (nSPS) is 11.4. The molecule has 0 aliphatic carbocycles. The van der Waals surface area contributed by atoms with Gasteiger partial charge in [-0.2, -0.15) is 0 Å². The third-order valence-corrected chi connectivity index (χ3v) is 4.71. The Hall–Kier alpha value is -1.10. The van der Waals surface area contributed by atoms with Gasteiger partial charge in [0.15, 0.2) is 8.32 Å². The van der Waals surface area contributed by atoms with E-state index in [1.807, 2.05) is 36.4 Å². The van der Waals surface area contributed by atoms with Gasteiger partial charge in [-0.3, -0.25) is 0 Å². The molecule has 0 N–H and O–H groups in total. The van der Waals surface area contributed by atoms with Crippen LogP contribution in [-0.4, -0.2) is 8.32 Å². The molecule has 0 fully saturated rings. The van der Waals surface area contributed by atoms with Crippen LogP contribution in [0.4, 0.5) is 0 Å². The molecular formula is C17H21BrO2Si. The van der Waals surface area contributed by atoms with Crippen LogP contribution in [0.25, 0.3) is 0 Å². The smallest absolute Gasteiger partial charge is 0.184 e. The third kappa shape index (κ3) is 5.65. The quantitative estimate of drug-likeness (QED) is 0.640. The third-order valence-electron chi connectivity index (χ3n) is 2.93. The Labute approximate surface area is 136 Å². The van der Waals surface area contributed by atoms with Crippen LogP contribution < -0.4 is 4.74 Å². The zero-order chi connectivity index (χ0) is 15.3. The Morgan fingerprint density at radius 2 is 1.67 bits per heavy atom. The van der Waals surface area contributed by atoms with Gasteiger partial charge in [0, 0.05) is 4.47 Å². The second-order valence-corrected chi connectivity index (χ2v) is 11.3. The molecule has 0 heterocycles. The van der Waals surface area contributed by atoms with Gasteiger partial charge >= 0.3 is 0 Å². The van der Waals surface area contributed by atoms with E-state index in [0.717, 1.165) is 15.8 Å². The molecule has 0 atom stereocenters. The van der Waals surface area contributed by atoms with Gasteiger partial charge in [0.05, 0.1) is 6.61 Å². The molecule has 2 aromatic carbocycles. The molecule has 0 aromatic heterocycles. The van der Waals surface area contributed by atoms with Crippen molar-refractivity contribution >= 4 is 24.2 Å². The predicted octanol–water partition coefficient (Wildman–Crippen LogP) is 5.38. The van der Waals surface area contributed by atoms with Crippen molar-refractivity contribution in [1.82, 2.24) is 0 Å². The van der Waals surface area contributed by atoms with Crippen molar-refractivity contribution in [2.24, 2.45) is 0 Å². The zero-order valence-corrected chi connectivity index (χ0v) is 15.3. The van der Waals surface area contributed by atoms with Gasteiger partial charge in [0.25, 0.3) is 0 Å². The van der Waals surface area contributed by atoms with Gasteiger partial charge in [-0.25, -0.2) is 0 Å². The fourth-order valence-corrected chi connectivity index (χ4v) is 2.74. The molecule has 0 unspecified atom stereocenters. The molecule has 112 valence electrons. The minimum absolute atomic E-state index is 0.580. The lowest BCUT2D eigenvalue weighted by Crippen LogP contribution is -2.24. The molecule has 21 heavy (non-hydrogen) atoms. The summed E-state index contributed by atoms with van der Waals surface area (Å²) in [6, 6.07) is 16.2. The van der Waals surface area contributed by atoms with Gasteiger partial charge in [-0.15, -0.1) is 0 Å². The number of benzene rings is 2. The van der Waals surface area contributed by atoms with Crippen molar-refractivity contribution in [2.45, 2.75) is 32.9 Å². The van der Waals surface area contributed by atoms with Gasteiger partial charge in [0.1, 0.15) is 12.4 Å². The van der Waals surface area contributed by atoms with E-state index in [9.17, 15) is 0 Å². The summed E-state index contributed by atoms with van der Waals surface area (Å²) in [5.74, 6) is 0.872. The first kappa shape index (κ1) is 16.3. The maximum atomic E-state index is 5.97. The highest BCUT2D eigenvalue weighted by Crippen LogP contribution is 2.25. The van der Waals surface area contributed by atoms with Crippen LogP contribution >= 0.6 is 15.9 Å². The summed E-state index contributed by atoms with van der Waals surface area (Å²) in [7, 11) is -1.51. The van der Waals surface area contributed by atoms with Gasteiger partial charge in [0.2, 0.25) is 0 Å². The number of hydrogen-bond donors (Lipinski definition) is 0. The Balaban J connectivity index is 2.01. The monoisotopic (exact) mass is 364 g/mol. The second kappa shape index (κ2) is 7.25. The molecule has 0 aliphatic heterocycles. The van der Waals surface area contributed by atoms with E-state index in [1.165, 1.54) is 5.56 Å². The van der Waals surface area contributed by atoms with E-state index in [-0.39, 0.29) is 0 Å². The van der Waals surface area contributed by atoms with Crippen molar-refractivity contribution < 1.29 is 9.16 Å². The van der Waals surface area contributed by atoms with Crippen LogP contribution in [-0.2, 0) is 17.6 Å². The van der Waals surface area contributed by atoms with Gasteiger partial charge < -0.3 is 9.16 Å². The minimum Gasteiger partial charge on any atom is -0.489 e. The van der Waals surface area contributed by atoms with Crippen molar-refractivity contribution in [3.05, 3.63) is 64.1 Å². The summed E-state index contributed by atoms with van der Waals surface area (Å²) in [6.45, 7) is 7.78. The Kier molecular flexibility index (Phi) is 5.62. The van der Waals surface area contributed by atoms with E-state index < -0.39 is 8.32 Å². The first-order chi connectivity index (χ1) is 9.94. The van der Waals surface area contributed by atoms with Crippen LogP contribution in [0, 0.1) is 0 Å². The maximum Gasteiger partial charge on any atom is 0.184 e. The molecule has 0 spiro atoms. The lowest BCUT2D eigenvalue weighted by molar-refractivity contribution is 0.291. The first-order valence-electron chi connectivity index (χ1n) is 7.03. The highest BCUT2D eigenvalue weighted by Gasteiger charge is 2.15. The average Bonchev–Trinajstić information content (AvgIpc) is 2.45. The largest absolute Gasteiger partial charge is 0.489 e. The lowest BCUT2D eigenvalue weighted by Gasteiger charge is -2.18. The Morgan fingerprint density at radius 3 is 2.33 bits per heavy atom. The molecule has 2 rings (SSSR count). The molecule has 2 aromatic rings. The van der Waals surface area contributed by atoms with Crippen LogP contribution in [0.15, 0.2) is 53.0 Å². The molecule has 0 saturated carbocycles. The topological polar surface area (TPSA) is 18.5 Å². The van der Waals surface area contributed by atoms with E-state index in [2.05, 4.69) is 47.7 Å². The van der Waals surface area contributed by atoms with E-state index in [4.69, 9.17) is 9.16 Å². The van der Waals surface area contributed by atoms with Gasteiger partial charge in [-0.05, 0) is 49.0 Å². The minimum atomic E-state index is -1.51. The fourth-order valence-electron chi connectivity index (χ4n) is 1.79. The summed E-state index contributed by atoms with van der Waals surface area (Å²) in [5.41, 5.74) is 2.29. The van der Waals surface area contributed by atoms with Crippen LogP contribution in [0.5, 0.6) is 5.75 Å². The molecule has 0 amide bonds. The number of hydrogen-bond acceptors (Lipinski definition) is 2. The van der Waals surface area contributed by atoms with Gasteiger partial charge in [-0.1, -0.05) is 46.3 Å². The van der Waals surface area contributed by atoms with Crippen LogP contribution in [0.3, 0.4) is 0 Å². The number of rotatable bonds is 6. The number of halogens is 1. The standard InChI is InChI=1S/C17H21BrO2Si/c1-21(2,3)20-13-15-11-16(9-10-17(15)18)19-12-14-7-5-4-6-8-14/h4-11H,12-13H2,1-3H3. The summed E-state index contributed by atoms with van der Waals surface area (Å²) < 4.78 is 12.9. The molecule has 0 aliphatic rings. The second-order valence-electron chi connectivity index (χ2n) is 5.93. The molecule has 4 heteroatoms. The molecule has 0 bridgehead atoms. The highest BCUT2D eigenvalue weighted by molar-refractivity contribution is 9.10. The number of ether oxygens (including phenoxy) is 1. The molecule has 0 saturated heterocycles. The molecule has 0 radical (unpaired) electrons. The lowest BCUT2D eigenvalue weighted by atomic mass is 10.2. The van der Waals surface area contributed by atoms with Crippen LogP contribution in [0.1, 0.15) is 11.1 Å². The Morgan fingerprint density at radius 1 is 0.952 bits per heavy atom. The zero-order valence-electron chi connectivity index (χ0n) is 12.7. The van der Waals surface area contributed by atoms with Crippen molar-refractivity contribution in [3.8, 4) is 5.75 Å². The van der Waals surface area contributed by atoms with E-state index >= 15 is 0 Å². The predicted molar refractivity (Wildman–Crippen MR) is 93.1 cm³/mol. The maximum absolute atomic E-state index is 5.97. The average molecular weight is 365 g/mol. The van der Waals surface area contributed by atoms with E-state index in [1.54, 1.807) is 0 Å². The van der Waals surface area contributed by atoms with Crippen LogP contribution in [0.2, 0.25) is 19.6 Å². The summed E-state index contributed by atoms with van der Waals surface area (Å²) in [6.07, 6.45) is 0. The molecular weight excluding hydrogens is 344 g/mol. The highest BCUT2D eigenvalue weighted by atomic mass is 79.9. The van der Waals surface area contributed by atoms with E-state index in [0.29, 0.717) is 13.2 Å². The summed E-state index contributed by atoms with van der Waals surface area (Å²) in [5, 5.41) is 0. The first-order valence-corrected chi connectivity index (χ1v) is 11.2. The SMILES string of the molecule is C[Si](C)(C)OCc1cc(OCc2ccccc2)ccc1Br. The molecule has 2 nitrogen and oxygen atoms in total. The summed E-state index contributed by atoms with van der Waals surface area (Å²) >= 11 is 3.57.